The molecule has 2 heterocycles. The molecule has 3 rings (SSSR count). The van der Waals surface area contributed by atoms with Crippen molar-refractivity contribution in [3.8, 4) is 11.1 Å². The summed E-state index contributed by atoms with van der Waals surface area (Å²) in [4.78, 5) is 35.9. The largest absolute Gasteiger partial charge is 0.480 e. The third-order valence-electron chi connectivity index (χ3n) is 5.98. The number of hydrogen-bond donors (Lipinski definition) is 5. The second kappa shape index (κ2) is 15.3. The summed E-state index contributed by atoms with van der Waals surface area (Å²) in [6, 6.07) is 10.5. The molecule has 1 amide bonds. The topological polar surface area (TPSA) is 201 Å². The number of carboxylic acids is 1. The zero-order valence-electron chi connectivity index (χ0n) is 24.7. The molecule has 0 spiro atoms. The van der Waals surface area contributed by atoms with Crippen LogP contribution in [0.2, 0.25) is 0 Å². The van der Waals surface area contributed by atoms with Crippen molar-refractivity contribution in [2.24, 2.45) is 0 Å². The molecule has 0 saturated heterocycles. The minimum Gasteiger partial charge on any atom is -0.480 e. The van der Waals surface area contributed by atoms with Crippen molar-refractivity contribution in [3.63, 3.8) is 0 Å². The number of alkyl carbamates (subject to hydrolysis) is 1. The van der Waals surface area contributed by atoms with Crippen LogP contribution in [0.25, 0.3) is 11.1 Å². The first-order valence-electron chi connectivity index (χ1n) is 13.7. The Hall–Kier alpha value is -4.81. The molecule has 13 nitrogen and oxygen atoms in total. The van der Waals surface area contributed by atoms with Gasteiger partial charge in [0.15, 0.2) is 0 Å². The van der Waals surface area contributed by atoms with Crippen LogP contribution in [-0.4, -0.2) is 49.8 Å². The quantitative estimate of drug-likeness (QED) is 0.115. The van der Waals surface area contributed by atoms with Gasteiger partial charge >= 0.3 is 17.7 Å². The lowest BCUT2D eigenvalue weighted by Gasteiger charge is -2.21. The van der Waals surface area contributed by atoms with E-state index in [0.717, 1.165) is 36.2 Å². The molecule has 1 unspecified atom stereocenters. The summed E-state index contributed by atoms with van der Waals surface area (Å²) in [5, 5.41) is 24.8. The molecule has 0 aliphatic rings. The molecule has 0 aliphatic heterocycles. The molecule has 1 atom stereocenters. The number of carbonyl (C=O) groups is 2. The van der Waals surface area contributed by atoms with Gasteiger partial charge in [-0.25, -0.2) is 14.6 Å². The van der Waals surface area contributed by atoms with Crippen molar-refractivity contribution >= 4 is 35.1 Å². The number of aromatic nitrogens is 2. The van der Waals surface area contributed by atoms with Gasteiger partial charge in [0, 0.05) is 37.1 Å². The van der Waals surface area contributed by atoms with E-state index in [-0.39, 0.29) is 11.5 Å². The van der Waals surface area contributed by atoms with E-state index < -0.39 is 28.6 Å². The van der Waals surface area contributed by atoms with E-state index in [2.05, 4.69) is 57.6 Å². The molecule has 0 radical (unpaired) electrons. The van der Waals surface area contributed by atoms with Crippen LogP contribution >= 0.6 is 0 Å². The second-order valence-corrected chi connectivity index (χ2v) is 10.5. The van der Waals surface area contributed by atoms with Crippen LogP contribution in [0.1, 0.15) is 53.0 Å². The molecule has 1 aromatic carbocycles. The first kappa shape index (κ1) is 33.4. The van der Waals surface area contributed by atoms with Crippen LogP contribution in [0.4, 0.5) is 27.8 Å². The number of pyridine rings is 1. The highest BCUT2D eigenvalue weighted by Crippen LogP contribution is 2.27. The van der Waals surface area contributed by atoms with Crippen LogP contribution in [0.15, 0.2) is 48.8 Å². The number of carbonyl (C=O) groups excluding carboxylic acids is 1. The van der Waals surface area contributed by atoms with Crippen molar-refractivity contribution in [1.29, 1.82) is 0 Å². The van der Waals surface area contributed by atoms with E-state index in [1.807, 2.05) is 6.20 Å². The van der Waals surface area contributed by atoms with Gasteiger partial charge in [-0.15, -0.1) is 0 Å². The van der Waals surface area contributed by atoms with Gasteiger partial charge in [0.05, 0.1) is 10.6 Å². The number of nitrogen functional groups attached to an aromatic ring is 2. The third-order valence-corrected chi connectivity index (χ3v) is 5.98. The number of nitrogens with two attached hydrogens (primary N) is 2. The number of rotatable bonds is 11. The van der Waals surface area contributed by atoms with E-state index in [1.54, 1.807) is 33.8 Å². The van der Waals surface area contributed by atoms with Crippen LogP contribution < -0.4 is 22.1 Å². The summed E-state index contributed by atoms with van der Waals surface area (Å²) < 4.78 is 6.97. The summed E-state index contributed by atoms with van der Waals surface area (Å²) in [5.41, 5.74) is 15.2. The number of nitrogens with one attached hydrogen (secondary N) is 2. The molecule has 228 valence electrons. The molecular formula is C29H41N7O6. The lowest BCUT2D eigenvalue weighted by Crippen LogP contribution is -2.43. The Morgan fingerprint density at radius 1 is 1.12 bits per heavy atom. The highest BCUT2D eigenvalue weighted by atomic mass is 16.6. The van der Waals surface area contributed by atoms with Gasteiger partial charge in [-0.1, -0.05) is 38.1 Å². The Morgan fingerprint density at radius 2 is 1.79 bits per heavy atom. The van der Waals surface area contributed by atoms with Gasteiger partial charge in [-0.3, -0.25) is 10.1 Å². The lowest BCUT2D eigenvalue weighted by atomic mass is 10.0. The van der Waals surface area contributed by atoms with Gasteiger partial charge in [0.2, 0.25) is 5.82 Å². The van der Waals surface area contributed by atoms with Gasteiger partial charge < -0.3 is 36.5 Å². The summed E-state index contributed by atoms with van der Waals surface area (Å²) in [5.74, 6) is -0.628. The zero-order valence-corrected chi connectivity index (χ0v) is 24.7. The highest BCUT2D eigenvalue weighted by molar-refractivity contribution is 5.80. The third kappa shape index (κ3) is 10.6. The number of benzene rings is 1. The zero-order chi connectivity index (χ0) is 31.4. The fraction of sp³-hybridized carbons (Fsp3) is 0.414. The Labute approximate surface area is 245 Å². The number of aliphatic carboxylic acids is 1. The predicted molar refractivity (Wildman–Crippen MR) is 163 cm³/mol. The normalized spacial score (nSPS) is 11.5. The number of carboxylic acid groups (broad SMARTS) is 1. The standard InChI is InChI=1S/C20H24N6O2.C9H17NO4/c1-2-14-4-6-15(7-5-14)16-12-25(13-17(16)21)11-3-10-23-19-9-8-18(26(27)28)20(22)24-19;1-5-6(7(11)12)10-8(13)14-9(2,3)4/h4-9,12-13H,2-3,10-11,21H2,1H3,(H3,22,23,24);6H,5H2,1-4H3,(H,10,13)(H,11,12). The fourth-order valence-corrected chi connectivity index (χ4v) is 3.80. The minimum atomic E-state index is -1.06. The molecule has 13 heteroatoms. The molecule has 42 heavy (non-hydrogen) atoms. The predicted octanol–water partition coefficient (Wildman–Crippen LogP) is 5.06. The average Bonchev–Trinajstić information content (AvgIpc) is 3.29. The highest BCUT2D eigenvalue weighted by Gasteiger charge is 2.22. The van der Waals surface area contributed by atoms with Gasteiger partial charge in [-0.2, -0.15) is 0 Å². The first-order chi connectivity index (χ1) is 19.7. The number of aryl methyl sites for hydroxylation is 2. The maximum atomic E-state index is 11.1. The number of anilines is 3. The van der Waals surface area contributed by atoms with Crippen LogP contribution in [-0.2, 0) is 22.5 Å². The Bertz CT molecular complexity index is 1350. The number of hydrogen-bond acceptors (Lipinski definition) is 9. The Balaban J connectivity index is 0.000000374. The minimum absolute atomic E-state index is 0.0908. The molecule has 0 saturated carbocycles. The summed E-state index contributed by atoms with van der Waals surface area (Å²) in [6.45, 7) is 10.4. The molecule has 3 aromatic rings. The van der Waals surface area contributed by atoms with Crippen LogP contribution in [0.5, 0.6) is 0 Å². The van der Waals surface area contributed by atoms with E-state index in [4.69, 9.17) is 21.3 Å². The van der Waals surface area contributed by atoms with Crippen molar-refractivity contribution in [2.75, 3.05) is 23.3 Å². The molecule has 7 N–H and O–H groups in total. The summed E-state index contributed by atoms with van der Waals surface area (Å²) in [7, 11) is 0. The smallest absolute Gasteiger partial charge is 0.408 e. The SMILES string of the molecule is CCC(NC(=O)OC(C)(C)C)C(=O)O.CCc1ccc(-c2cn(CCCNc3ccc([N+](=O)[O-])c(N)n3)cc2N)cc1. The fourth-order valence-electron chi connectivity index (χ4n) is 3.80. The average molecular weight is 584 g/mol. The molecule has 0 fully saturated rings. The maximum absolute atomic E-state index is 11.1. The van der Waals surface area contributed by atoms with Gasteiger partial charge in [-0.05, 0) is 57.2 Å². The number of nitro groups is 1. The maximum Gasteiger partial charge on any atom is 0.408 e. The van der Waals surface area contributed by atoms with Crippen LogP contribution in [0, 0.1) is 10.1 Å². The Kier molecular flexibility index (Phi) is 12.1. The lowest BCUT2D eigenvalue weighted by molar-refractivity contribution is -0.384. The molecule has 0 bridgehead atoms. The van der Waals surface area contributed by atoms with Gasteiger partial charge in [0.1, 0.15) is 17.5 Å². The van der Waals surface area contributed by atoms with Crippen LogP contribution in [0.3, 0.4) is 0 Å². The molecule has 2 aromatic heterocycles. The van der Waals surface area contributed by atoms with Crippen molar-refractivity contribution in [1.82, 2.24) is 14.9 Å². The monoisotopic (exact) mass is 583 g/mol. The van der Waals surface area contributed by atoms with Crippen molar-refractivity contribution in [3.05, 3.63) is 64.5 Å². The van der Waals surface area contributed by atoms with E-state index in [0.29, 0.717) is 18.8 Å². The number of amides is 1. The molecule has 0 aliphatic carbocycles. The molecular weight excluding hydrogens is 542 g/mol. The van der Waals surface area contributed by atoms with Crippen molar-refractivity contribution < 1.29 is 24.4 Å². The van der Waals surface area contributed by atoms with E-state index in [1.165, 1.54) is 11.6 Å². The first-order valence-corrected chi connectivity index (χ1v) is 13.7. The number of nitrogens with zero attached hydrogens (tertiary/aromatic N) is 3. The number of ether oxygens (including phenoxy) is 1. The van der Waals surface area contributed by atoms with Gasteiger partial charge in [0.25, 0.3) is 0 Å². The second-order valence-electron chi connectivity index (χ2n) is 10.5. The van der Waals surface area contributed by atoms with E-state index >= 15 is 0 Å². The van der Waals surface area contributed by atoms with Crippen molar-refractivity contribution in [2.45, 2.75) is 72.1 Å². The summed E-state index contributed by atoms with van der Waals surface area (Å²) in [6.07, 6.45) is 5.46. The summed E-state index contributed by atoms with van der Waals surface area (Å²) >= 11 is 0. The Morgan fingerprint density at radius 3 is 2.31 bits per heavy atom. The van der Waals surface area contributed by atoms with E-state index in [9.17, 15) is 19.7 Å².